The summed E-state index contributed by atoms with van der Waals surface area (Å²) in [6, 6.07) is 10.3. The minimum absolute atomic E-state index is 0.0377. The minimum Gasteiger partial charge on any atom is -0.294 e. The van der Waals surface area contributed by atoms with E-state index in [1.807, 2.05) is 6.07 Å². The van der Waals surface area contributed by atoms with E-state index in [-0.39, 0.29) is 10.8 Å². The van der Waals surface area contributed by atoms with Crippen molar-refractivity contribution in [1.29, 1.82) is 0 Å². The largest absolute Gasteiger partial charge is 0.294 e. The van der Waals surface area contributed by atoms with E-state index in [2.05, 4.69) is 26.0 Å². The van der Waals surface area contributed by atoms with E-state index >= 15 is 0 Å². The molecule has 2 rings (SSSR count). The predicted octanol–water partition coefficient (Wildman–Crippen LogP) is 4.91. The number of carbonyl (C=O) groups is 1. The van der Waals surface area contributed by atoms with Crippen LogP contribution in [-0.2, 0) is 6.42 Å². The van der Waals surface area contributed by atoms with Gasteiger partial charge < -0.3 is 0 Å². The molecule has 2 aromatic carbocycles. The number of aryl methyl sites for hydroxylation is 3. The molecule has 1 nitrogen and oxygen atoms in total. The average molecular weight is 291 g/mol. The Bertz CT molecular complexity index is 649. The summed E-state index contributed by atoms with van der Waals surface area (Å²) in [6.07, 6.45) is 1.02. The van der Waals surface area contributed by atoms with Crippen LogP contribution in [-0.4, -0.2) is 5.78 Å². The molecule has 20 heavy (non-hydrogen) atoms. The van der Waals surface area contributed by atoms with Gasteiger partial charge in [0.25, 0.3) is 0 Å². The number of hydrogen-bond acceptors (Lipinski definition) is 1. The van der Waals surface area contributed by atoms with Gasteiger partial charge in [-0.25, -0.2) is 4.39 Å². The molecule has 0 aliphatic heterocycles. The second-order valence-corrected chi connectivity index (χ2v) is 5.38. The summed E-state index contributed by atoms with van der Waals surface area (Å²) in [4.78, 5) is 12.0. The quantitative estimate of drug-likeness (QED) is 0.731. The SMILES string of the molecule is Cc1ccc(CCC(=O)c2ccc(Cl)c(F)c2)cc1C. The van der Waals surface area contributed by atoms with Gasteiger partial charge in [0.1, 0.15) is 5.82 Å². The number of halogens is 2. The van der Waals surface area contributed by atoms with E-state index in [9.17, 15) is 9.18 Å². The molecule has 0 saturated heterocycles. The van der Waals surface area contributed by atoms with Gasteiger partial charge in [-0.3, -0.25) is 4.79 Å². The first kappa shape index (κ1) is 14.7. The first-order valence-corrected chi connectivity index (χ1v) is 6.89. The van der Waals surface area contributed by atoms with Gasteiger partial charge in [-0.2, -0.15) is 0 Å². The van der Waals surface area contributed by atoms with Gasteiger partial charge in [-0.1, -0.05) is 29.8 Å². The first-order chi connectivity index (χ1) is 9.47. The second-order valence-electron chi connectivity index (χ2n) is 4.97. The zero-order chi connectivity index (χ0) is 14.7. The monoisotopic (exact) mass is 290 g/mol. The maximum absolute atomic E-state index is 13.3. The van der Waals surface area contributed by atoms with Crippen LogP contribution in [0.3, 0.4) is 0 Å². The summed E-state index contributed by atoms with van der Waals surface area (Å²) in [5.74, 6) is -0.623. The summed E-state index contributed by atoms with van der Waals surface area (Å²) < 4.78 is 13.3. The molecule has 3 heteroatoms. The molecule has 0 saturated carbocycles. The Kier molecular flexibility index (Phi) is 4.56. The van der Waals surface area contributed by atoms with Gasteiger partial charge >= 0.3 is 0 Å². The number of carbonyl (C=O) groups excluding carboxylic acids is 1. The van der Waals surface area contributed by atoms with Crippen LogP contribution >= 0.6 is 11.6 Å². The van der Waals surface area contributed by atoms with E-state index in [0.717, 1.165) is 5.56 Å². The molecule has 0 N–H and O–H groups in total. The molecule has 0 radical (unpaired) electrons. The van der Waals surface area contributed by atoms with Crippen LogP contribution in [0.4, 0.5) is 4.39 Å². The Morgan fingerprint density at radius 3 is 2.50 bits per heavy atom. The lowest BCUT2D eigenvalue weighted by atomic mass is 10.00. The molecule has 0 amide bonds. The summed E-state index contributed by atoms with van der Waals surface area (Å²) in [5.41, 5.74) is 3.94. The molecular formula is C17H16ClFO. The second kappa shape index (κ2) is 6.19. The summed E-state index contributed by atoms with van der Waals surface area (Å²) in [6.45, 7) is 4.11. The molecule has 0 aliphatic carbocycles. The number of benzene rings is 2. The number of ketones is 1. The predicted molar refractivity (Wildman–Crippen MR) is 80.0 cm³/mol. The molecule has 0 unspecified atom stereocenters. The van der Waals surface area contributed by atoms with Crippen molar-refractivity contribution in [2.45, 2.75) is 26.7 Å². The van der Waals surface area contributed by atoms with Crippen molar-refractivity contribution in [1.82, 2.24) is 0 Å². The fourth-order valence-corrected chi connectivity index (χ4v) is 2.15. The maximum atomic E-state index is 13.3. The topological polar surface area (TPSA) is 17.1 Å². The average Bonchev–Trinajstić information content (AvgIpc) is 2.43. The Balaban J connectivity index is 2.04. The van der Waals surface area contributed by atoms with Crippen molar-refractivity contribution in [2.24, 2.45) is 0 Å². The normalized spacial score (nSPS) is 10.6. The highest BCUT2D eigenvalue weighted by Crippen LogP contribution is 2.18. The van der Waals surface area contributed by atoms with Crippen molar-refractivity contribution in [2.75, 3.05) is 0 Å². The Labute approximate surface area is 123 Å². The summed E-state index contributed by atoms with van der Waals surface area (Å²) >= 11 is 5.60. The molecule has 0 aromatic heterocycles. The summed E-state index contributed by atoms with van der Waals surface area (Å²) in [5, 5.41) is 0.0377. The van der Waals surface area contributed by atoms with Crippen LogP contribution in [0.15, 0.2) is 36.4 Å². The fraction of sp³-hybridized carbons (Fsp3) is 0.235. The Morgan fingerprint density at radius 1 is 1.10 bits per heavy atom. The van der Waals surface area contributed by atoms with Crippen LogP contribution < -0.4 is 0 Å². The molecule has 2 aromatic rings. The van der Waals surface area contributed by atoms with Crippen molar-refractivity contribution in [3.63, 3.8) is 0 Å². The van der Waals surface area contributed by atoms with Gasteiger partial charge in [-0.05, 0) is 55.2 Å². The fourth-order valence-electron chi connectivity index (χ4n) is 2.03. The van der Waals surface area contributed by atoms with E-state index < -0.39 is 5.82 Å². The van der Waals surface area contributed by atoms with Crippen molar-refractivity contribution in [3.8, 4) is 0 Å². The number of Topliss-reactive ketones (excluding diaryl/α,β-unsaturated/α-hetero) is 1. The lowest BCUT2D eigenvalue weighted by Crippen LogP contribution is -2.02. The molecular weight excluding hydrogens is 275 g/mol. The molecule has 0 fully saturated rings. The molecule has 0 heterocycles. The van der Waals surface area contributed by atoms with Crippen LogP contribution in [0.25, 0.3) is 0 Å². The highest BCUT2D eigenvalue weighted by molar-refractivity contribution is 6.30. The standard InChI is InChI=1S/C17H16ClFO/c1-11-3-4-13(9-12(11)2)5-8-17(20)14-6-7-15(18)16(19)10-14/h3-4,6-7,9-10H,5,8H2,1-2H3. The third kappa shape index (κ3) is 3.45. The molecule has 104 valence electrons. The lowest BCUT2D eigenvalue weighted by molar-refractivity contribution is 0.0982. The lowest BCUT2D eigenvalue weighted by Gasteiger charge is -2.05. The van der Waals surface area contributed by atoms with Crippen molar-refractivity contribution < 1.29 is 9.18 Å². The smallest absolute Gasteiger partial charge is 0.163 e. The summed E-state index contributed by atoms with van der Waals surface area (Å²) in [7, 11) is 0. The van der Waals surface area contributed by atoms with Gasteiger partial charge in [-0.15, -0.1) is 0 Å². The highest BCUT2D eigenvalue weighted by atomic mass is 35.5. The van der Waals surface area contributed by atoms with Crippen molar-refractivity contribution >= 4 is 17.4 Å². The zero-order valence-corrected chi connectivity index (χ0v) is 12.3. The molecule has 0 bridgehead atoms. The van der Waals surface area contributed by atoms with Crippen LogP contribution in [0, 0.1) is 19.7 Å². The zero-order valence-electron chi connectivity index (χ0n) is 11.5. The minimum atomic E-state index is -0.552. The van der Waals surface area contributed by atoms with Gasteiger partial charge in [0.2, 0.25) is 0 Å². The number of rotatable bonds is 4. The Hall–Kier alpha value is -1.67. The van der Waals surface area contributed by atoms with E-state index in [0.29, 0.717) is 18.4 Å². The number of hydrogen-bond donors (Lipinski definition) is 0. The van der Waals surface area contributed by atoms with Gasteiger partial charge in [0, 0.05) is 12.0 Å². The van der Waals surface area contributed by atoms with Crippen LogP contribution in [0.1, 0.15) is 33.5 Å². The van der Waals surface area contributed by atoms with E-state index in [1.165, 1.54) is 23.3 Å². The van der Waals surface area contributed by atoms with Crippen LogP contribution in [0.2, 0.25) is 5.02 Å². The third-order valence-electron chi connectivity index (χ3n) is 3.45. The Morgan fingerprint density at radius 2 is 1.85 bits per heavy atom. The van der Waals surface area contributed by atoms with Crippen molar-refractivity contribution in [3.05, 3.63) is 69.5 Å². The van der Waals surface area contributed by atoms with Gasteiger partial charge in [0.15, 0.2) is 5.78 Å². The molecule has 0 aliphatic rings. The first-order valence-electron chi connectivity index (χ1n) is 6.52. The van der Waals surface area contributed by atoms with Gasteiger partial charge in [0.05, 0.1) is 5.02 Å². The highest BCUT2D eigenvalue weighted by Gasteiger charge is 2.09. The van der Waals surface area contributed by atoms with E-state index in [1.54, 1.807) is 6.07 Å². The molecule has 0 spiro atoms. The van der Waals surface area contributed by atoms with E-state index in [4.69, 9.17) is 11.6 Å². The van der Waals surface area contributed by atoms with Crippen LogP contribution in [0.5, 0.6) is 0 Å². The molecule has 0 atom stereocenters. The third-order valence-corrected chi connectivity index (χ3v) is 3.76. The maximum Gasteiger partial charge on any atom is 0.163 e.